The molecule has 0 unspecified atom stereocenters. The van der Waals surface area contributed by atoms with Gasteiger partial charge in [0.1, 0.15) is 5.82 Å². The molecule has 0 atom stereocenters. The third-order valence-electron chi connectivity index (χ3n) is 2.66. The van der Waals surface area contributed by atoms with Crippen molar-refractivity contribution in [1.82, 2.24) is 10.6 Å². The SMILES string of the molecule is COCCNC(=O)CCNCCc1ccc(F)cc1. The van der Waals surface area contributed by atoms with Crippen molar-refractivity contribution in [3.8, 4) is 0 Å². The summed E-state index contributed by atoms with van der Waals surface area (Å²) in [5, 5.41) is 5.94. The normalized spacial score (nSPS) is 10.4. The van der Waals surface area contributed by atoms with Gasteiger partial charge in [-0.1, -0.05) is 12.1 Å². The molecule has 1 aromatic carbocycles. The average Bonchev–Trinajstić information content (AvgIpc) is 2.41. The van der Waals surface area contributed by atoms with Gasteiger partial charge in [-0.15, -0.1) is 0 Å². The lowest BCUT2D eigenvalue weighted by Gasteiger charge is -2.06. The highest BCUT2D eigenvalue weighted by molar-refractivity contribution is 5.75. The van der Waals surface area contributed by atoms with Gasteiger partial charge in [-0.3, -0.25) is 4.79 Å². The van der Waals surface area contributed by atoms with E-state index in [9.17, 15) is 9.18 Å². The van der Waals surface area contributed by atoms with Gasteiger partial charge in [-0.25, -0.2) is 4.39 Å². The summed E-state index contributed by atoms with van der Waals surface area (Å²) in [7, 11) is 1.60. The zero-order valence-electron chi connectivity index (χ0n) is 11.2. The highest BCUT2D eigenvalue weighted by Gasteiger charge is 1.99. The van der Waals surface area contributed by atoms with E-state index in [1.165, 1.54) is 12.1 Å². The van der Waals surface area contributed by atoms with Gasteiger partial charge in [-0.05, 0) is 30.7 Å². The van der Waals surface area contributed by atoms with E-state index >= 15 is 0 Å². The van der Waals surface area contributed by atoms with E-state index in [2.05, 4.69) is 10.6 Å². The number of carbonyl (C=O) groups excluding carboxylic acids is 1. The smallest absolute Gasteiger partial charge is 0.221 e. The Hall–Kier alpha value is -1.46. The zero-order chi connectivity index (χ0) is 13.9. The summed E-state index contributed by atoms with van der Waals surface area (Å²) in [5.41, 5.74) is 1.08. The first-order valence-electron chi connectivity index (χ1n) is 6.43. The molecule has 0 aromatic heterocycles. The van der Waals surface area contributed by atoms with E-state index in [1.807, 2.05) is 0 Å². The number of nitrogens with one attached hydrogen (secondary N) is 2. The molecule has 4 nitrogen and oxygen atoms in total. The van der Waals surface area contributed by atoms with Crippen molar-refractivity contribution in [1.29, 1.82) is 0 Å². The lowest BCUT2D eigenvalue weighted by Crippen LogP contribution is -2.30. The van der Waals surface area contributed by atoms with Crippen LogP contribution in [0.4, 0.5) is 4.39 Å². The summed E-state index contributed by atoms with van der Waals surface area (Å²) < 4.78 is 17.5. The fraction of sp³-hybridized carbons (Fsp3) is 0.500. The Labute approximate surface area is 113 Å². The predicted octanol–water partition coefficient (Wildman–Crippen LogP) is 1.11. The highest BCUT2D eigenvalue weighted by atomic mass is 19.1. The van der Waals surface area contributed by atoms with Crippen molar-refractivity contribution in [3.05, 3.63) is 35.6 Å². The van der Waals surface area contributed by atoms with Crippen LogP contribution in [-0.2, 0) is 16.0 Å². The first-order chi connectivity index (χ1) is 9.22. The summed E-state index contributed by atoms with van der Waals surface area (Å²) in [4.78, 5) is 11.3. The largest absolute Gasteiger partial charge is 0.383 e. The first-order valence-corrected chi connectivity index (χ1v) is 6.43. The van der Waals surface area contributed by atoms with E-state index < -0.39 is 0 Å². The number of amides is 1. The van der Waals surface area contributed by atoms with Crippen LogP contribution in [-0.4, -0.2) is 39.3 Å². The molecule has 0 bridgehead atoms. The number of hydrogen-bond donors (Lipinski definition) is 2. The fourth-order valence-corrected chi connectivity index (χ4v) is 1.59. The second-order valence-electron chi connectivity index (χ2n) is 4.22. The molecule has 0 radical (unpaired) electrons. The molecule has 0 aliphatic rings. The molecule has 0 heterocycles. The minimum atomic E-state index is -0.218. The van der Waals surface area contributed by atoms with Crippen molar-refractivity contribution >= 4 is 5.91 Å². The maximum atomic E-state index is 12.7. The molecule has 0 fully saturated rings. The Morgan fingerprint density at radius 3 is 2.63 bits per heavy atom. The Bertz CT molecular complexity index is 368. The number of halogens is 1. The third-order valence-corrected chi connectivity index (χ3v) is 2.66. The molecule has 0 aliphatic heterocycles. The van der Waals surface area contributed by atoms with Gasteiger partial charge < -0.3 is 15.4 Å². The molecule has 0 saturated heterocycles. The van der Waals surface area contributed by atoms with Gasteiger partial charge in [0.2, 0.25) is 5.91 Å². The van der Waals surface area contributed by atoms with Crippen molar-refractivity contribution in [2.45, 2.75) is 12.8 Å². The first kappa shape index (κ1) is 15.6. The molecule has 106 valence electrons. The molecular formula is C14H21FN2O2. The van der Waals surface area contributed by atoms with Gasteiger partial charge in [-0.2, -0.15) is 0 Å². The van der Waals surface area contributed by atoms with E-state index in [0.717, 1.165) is 18.5 Å². The van der Waals surface area contributed by atoms with Crippen LogP contribution in [0.15, 0.2) is 24.3 Å². The number of hydrogen-bond acceptors (Lipinski definition) is 3. The van der Waals surface area contributed by atoms with Crippen LogP contribution < -0.4 is 10.6 Å². The van der Waals surface area contributed by atoms with Gasteiger partial charge >= 0.3 is 0 Å². The number of carbonyl (C=O) groups is 1. The second-order valence-corrected chi connectivity index (χ2v) is 4.22. The minimum absolute atomic E-state index is 0.0198. The van der Waals surface area contributed by atoms with Crippen LogP contribution in [0.2, 0.25) is 0 Å². The molecule has 0 aliphatic carbocycles. The molecule has 0 saturated carbocycles. The summed E-state index contributed by atoms with van der Waals surface area (Å²) in [6, 6.07) is 6.46. The maximum absolute atomic E-state index is 12.7. The Morgan fingerprint density at radius 2 is 1.95 bits per heavy atom. The van der Waals surface area contributed by atoms with Gasteiger partial charge in [0.25, 0.3) is 0 Å². The van der Waals surface area contributed by atoms with Crippen molar-refractivity contribution in [2.75, 3.05) is 33.4 Å². The van der Waals surface area contributed by atoms with Crippen LogP contribution in [0, 0.1) is 5.82 Å². The number of ether oxygens (including phenoxy) is 1. The maximum Gasteiger partial charge on any atom is 0.221 e. The van der Waals surface area contributed by atoms with Crippen LogP contribution in [0.3, 0.4) is 0 Å². The van der Waals surface area contributed by atoms with Gasteiger partial charge in [0.05, 0.1) is 6.61 Å². The third kappa shape index (κ3) is 7.54. The Kier molecular flexibility index (Phi) is 7.77. The quantitative estimate of drug-likeness (QED) is 0.660. The van der Waals surface area contributed by atoms with Crippen molar-refractivity contribution < 1.29 is 13.9 Å². The fourth-order valence-electron chi connectivity index (χ4n) is 1.59. The Balaban J connectivity index is 2.01. The summed E-state index contributed by atoms with van der Waals surface area (Å²) in [6.07, 6.45) is 1.28. The summed E-state index contributed by atoms with van der Waals surface area (Å²) in [5.74, 6) is -0.198. The Morgan fingerprint density at radius 1 is 1.21 bits per heavy atom. The number of rotatable bonds is 9. The van der Waals surface area contributed by atoms with E-state index in [0.29, 0.717) is 26.1 Å². The molecule has 1 rings (SSSR count). The number of methoxy groups -OCH3 is 1. The zero-order valence-corrected chi connectivity index (χ0v) is 11.2. The van der Waals surface area contributed by atoms with E-state index in [-0.39, 0.29) is 11.7 Å². The second kappa shape index (κ2) is 9.47. The summed E-state index contributed by atoms with van der Waals surface area (Å²) >= 11 is 0. The molecule has 0 spiro atoms. The molecular weight excluding hydrogens is 247 g/mol. The average molecular weight is 268 g/mol. The van der Waals surface area contributed by atoms with Gasteiger partial charge in [0, 0.05) is 26.6 Å². The lowest BCUT2D eigenvalue weighted by molar-refractivity contribution is -0.121. The van der Waals surface area contributed by atoms with Crippen LogP contribution in [0.5, 0.6) is 0 Å². The van der Waals surface area contributed by atoms with E-state index in [1.54, 1.807) is 19.2 Å². The standard InChI is InChI=1S/C14H21FN2O2/c1-19-11-10-17-14(18)7-9-16-8-6-12-2-4-13(15)5-3-12/h2-5,16H,6-11H2,1H3,(H,17,18). The van der Waals surface area contributed by atoms with Crippen LogP contribution in [0.1, 0.15) is 12.0 Å². The van der Waals surface area contributed by atoms with Crippen LogP contribution in [0.25, 0.3) is 0 Å². The number of benzene rings is 1. The highest BCUT2D eigenvalue weighted by Crippen LogP contribution is 2.02. The molecule has 5 heteroatoms. The topological polar surface area (TPSA) is 50.4 Å². The van der Waals surface area contributed by atoms with Crippen molar-refractivity contribution in [3.63, 3.8) is 0 Å². The monoisotopic (exact) mass is 268 g/mol. The van der Waals surface area contributed by atoms with Crippen molar-refractivity contribution in [2.24, 2.45) is 0 Å². The van der Waals surface area contributed by atoms with E-state index in [4.69, 9.17) is 4.74 Å². The molecule has 1 amide bonds. The minimum Gasteiger partial charge on any atom is -0.383 e. The molecule has 19 heavy (non-hydrogen) atoms. The molecule has 2 N–H and O–H groups in total. The lowest BCUT2D eigenvalue weighted by atomic mass is 10.1. The molecule has 1 aromatic rings. The van der Waals surface area contributed by atoms with Gasteiger partial charge in [0.15, 0.2) is 0 Å². The predicted molar refractivity (Wildman–Crippen MR) is 72.5 cm³/mol. The van der Waals surface area contributed by atoms with Crippen LogP contribution >= 0.6 is 0 Å². The summed E-state index contributed by atoms with van der Waals surface area (Å²) in [6.45, 7) is 2.49.